The van der Waals surface area contributed by atoms with Gasteiger partial charge in [0.15, 0.2) is 9.84 Å². The van der Waals surface area contributed by atoms with E-state index in [2.05, 4.69) is 27.5 Å². The Bertz CT molecular complexity index is 601. The van der Waals surface area contributed by atoms with Gasteiger partial charge in [0.25, 0.3) is 0 Å². The topological polar surface area (TPSA) is 84.0 Å². The molecular formula is C14H24N4O2S. The highest BCUT2D eigenvalue weighted by atomic mass is 32.2. The van der Waals surface area contributed by atoms with Crippen molar-refractivity contribution in [1.82, 2.24) is 9.97 Å². The van der Waals surface area contributed by atoms with E-state index in [4.69, 9.17) is 0 Å². The van der Waals surface area contributed by atoms with Crippen LogP contribution < -0.4 is 10.6 Å². The van der Waals surface area contributed by atoms with Crippen LogP contribution in [0.15, 0.2) is 0 Å². The molecule has 2 N–H and O–H groups in total. The highest BCUT2D eigenvalue weighted by Gasteiger charge is 2.28. The molecule has 2 heterocycles. The molecule has 0 saturated carbocycles. The standard InChI is InChI=1S/C14H24N4O2S/c1-4-7-15-13-10(3)14(18-12(5-2)17-13)16-11-6-8-21(19,20)9-11/h11H,4-9H2,1-3H3,(H2,15,16,17,18). The number of hydrogen-bond acceptors (Lipinski definition) is 6. The lowest BCUT2D eigenvalue weighted by atomic mass is 10.2. The second kappa shape index (κ2) is 6.60. The minimum absolute atomic E-state index is 0.0488. The molecule has 0 amide bonds. The Labute approximate surface area is 126 Å². The number of nitrogens with one attached hydrogen (secondary N) is 2. The fraction of sp³-hybridized carbons (Fsp3) is 0.714. The van der Waals surface area contributed by atoms with Crippen molar-refractivity contribution in [2.24, 2.45) is 0 Å². The lowest BCUT2D eigenvalue weighted by Crippen LogP contribution is -2.23. The first-order valence-corrected chi connectivity index (χ1v) is 9.35. The lowest BCUT2D eigenvalue weighted by molar-refractivity contribution is 0.602. The Morgan fingerprint density at radius 1 is 1.24 bits per heavy atom. The molecule has 6 nitrogen and oxygen atoms in total. The van der Waals surface area contributed by atoms with Gasteiger partial charge in [0.2, 0.25) is 0 Å². The van der Waals surface area contributed by atoms with E-state index in [-0.39, 0.29) is 17.5 Å². The second-order valence-corrected chi connectivity index (χ2v) is 7.72. The third-order valence-electron chi connectivity index (χ3n) is 3.62. The van der Waals surface area contributed by atoms with Crippen molar-refractivity contribution in [2.75, 3.05) is 28.7 Å². The second-order valence-electron chi connectivity index (χ2n) is 5.49. The zero-order valence-electron chi connectivity index (χ0n) is 12.9. The van der Waals surface area contributed by atoms with Crippen LogP contribution in [0.5, 0.6) is 0 Å². The van der Waals surface area contributed by atoms with Crippen LogP contribution in [0.25, 0.3) is 0 Å². The van der Waals surface area contributed by atoms with E-state index >= 15 is 0 Å². The zero-order chi connectivity index (χ0) is 15.5. The van der Waals surface area contributed by atoms with Gasteiger partial charge in [0, 0.05) is 24.6 Å². The van der Waals surface area contributed by atoms with Gasteiger partial charge in [-0.15, -0.1) is 0 Å². The van der Waals surface area contributed by atoms with E-state index in [1.54, 1.807) is 0 Å². The largest absolute Gasteiger partial charge is 0.370 e. The number of nitrogens with zero attached hydrogens (tertiary/aromatic N) is 2. The molecule has 1 atom stereocenters. The number of hydrogen-bond donors (Lipinski definition) is 2. The Kier molecular flexibility index (Phi) is 5.03. The first-order chi connectivity index (χ1) is 9.95. The van der Waals surface area contributed by atoms with Crippen molar-refractivity contribution < 1.29 is 8.42 Å². The van der Waals surface area contributed by atoms with Crippen LogP contribution >= 0.6 is 0 Å². The predicted molar refractivity (Wildman–Crippen MR) is 85.6 cm³/mol. The summed E-state index contributed by atoms with van der Waals surface area (Å²) >= 11 is 0. The van der Waals surface area contributed by atoms with Crippen LogP contribution in [0.1, 0.15) is 38.1 Å². The van der Waals surface area contributed by atoms with Crippen molar-refractivity contribution in [3.63, 3.8) is 0 Å². The summed E-state index contributed by atoms with van der Waals surface area (Å²) in [6.07, 6.45) is 2.41. The molecule has 1 aliphatic rings. The SMILES string of the molecule is CCCNc1nc(CC)nc(NC2CCS(=O)(=O)C2)c1C. The number of aromatic nitrogens is 2. The molecule has 0 bridgehead atoms. The number of anilines is 2. The van der Waals surface area contributed by atoms with Crippen LogP contribution in [0.2, 0.25) is 0 Å². The molecule has 2 rings (SSSR count). The van der Waals surface area contributed by atoms with Crippen molar-refractivity contribution in [3.05, 3.63) is 11.4 Å². The molecule has 0 spiro atoms. The molecule has 1 aromatic rings. The Balaban J connectivity index is 2.21. The average Bonchev–Trinajstić information content (AvgIpc) is 2.78. The fourth-order valence-electron chi connectivity index (χ4n) is 2.38. The van der Waals surface area contributed by atoms with E-state index in [9.17, 15) is 8.42 Å². The van der Waals surface area contributed by atoms with Gasteiger partial charge < -0.3 is 10.6 Å². The highest BCUT2D eigenvalue weighted by molar-refractivity contribution is 7.91. The summed E-state index contributed by atoms with van der Waals surface area (Å²) in [5.74, 6) is 2.81. The van der Waals surface area contributed by atoms with Crippen LogP contribution in [0, 0.1) is 6.92 Å². The van der Waals surface area contributed by atoms with Crippen LogP contribution in [-0.2, 0) is 16.3 Å². The Morgan fingerprint density at radius 3 is 2.52 bits per heavy atom. The maximum atomic E-state index is 11.6. The van der Waals surface area contributed by atoms with Gasteiger partial charge in [-0.25, -0.2) is 18.4 Å². The van der Waals surface area contributed by atoms with Crippen molar-refractivity contribution in [1.29, 1.82) is 0 Å². The van der Waals surface area contributed by atoms with E-state index in [0.29, 0.717) is 6.42 Å². The fourth-order valence-corrected chi connectivity index (χ4v) is 4.05. The zero-order valence-corrected chi connectivity index (χ0v) is 13.8. The molecule has 118 valence electrons. The summed E-state index contributed by atoms with van der Waals surface area (Å²) in [6, 6.07) is -0.0488. The summed E-state index contributed by atoms with van der Waals surface area (Å²) in [5.41, 5.74) is 0.949. The van der Waals surface area contributed by atoms with E-state index in [1.807, 2.05) is 13.8 Å². The van der Waals surface area contributed by atoms with Gasteiger partial charge in [0.1, 0.15) is 17.5 Å². The van der Waals surface area contributed by atoms with Gasteiger partial charge in [-0.2, -0.15) is 0 Å². The highest BCUT2D eigenvalue weighted by Crippen LogP contribution is 2.23. The molecule has 7 heteroatoms. The Morgan fingerprint density at radius 2 is 1.95 bits per heavy atom. The number of rotatable bonds is 6. The predicted octanol–water partition coefficient (Wildman–Crippen LogP) is 1.77. The van der Waals surface area contributed by atoms with E-state index in [1.165, 1.54) is 0 Å². The molecule has 0 aromatic carbocycles. The van der Waals surface area contributed by atoms with Crippen molar-refractivity contribution in [2.45, 2.75) is 46.1 Å². The lowest BCUT2D eigenvalue weighted by Gasteiger charge is -2.17. The normalized spacial score (nSPS) is 20.4. The smallest absolute Gasteiger partial charge is 0.152 e. The Hall–Kier alpha value is -1.37. The third kappa shape index (κ3) is 4.06. The minimum atomic E-state index is -2.89. The molecule has 1 unspecified atom stereocenters. The molecule has 1 fully saturated rings. The van der Waals surface area contributed by atoms with Crippen LogP contribution in [0.3, 0.4) is 0 Å². The summed E-state index contributed by atoms with van der Waals surface area (Å²) in [7, 11) is -2.89. The summed E-state index contributed by atoms with van der Waals surface area (Å²) in [6.45, 7) is 6.94. The third-order valence-corrected chi connectivity index (χ3v) is 5.39. The summed E-state index contributed by atoms with van der Waals surface area (Å²) in [4.78, 5) is 9.03. The molecular weight excluding hydrogens is 288 g/mol. The van der Waals surface area contributed by atoms with Gasteiger partial charge in [0.05, 0.1) is 11.5 Å². The number of aryl methyl sites for hydroxylation is 1. The van der Waals surface area contributed by atoms with Gasteiger partial charge in [-0.1, -0.05) is 13.8 Å². The van der Waals surface area contributed by atoms with Gasteiger partial charge >= 0.3 is 0 Å². The first-order valence-electron chi connectivity index (χ1n) is 7.53. The molecule has 1 aromatic heterocycles. The summed E-state index contributed by atoms with van der Waals surface area (Å²) in [5, 5.41) is 6.60. The monoisotopic (exact) mass is 312 g/mol. The molecule has 1 aliphatic heterocycles. The van der Waals surface area contributed by atoms with E-state index in [0.717, 1.165) is 42.4 Å². The van der Waals surface area contributed by atoms with Gasteiger partial charge in [-0.3, -0.25) is 0 Å². The van der Waals surface area contributed by atoms with Crippen molar-refractivity contribution in [3.8, 4) is 0 Å². The molecule has 0 radical (unpaired) electrons. The first kappa shape index (κ1) is 16.0. The van der Waals surface area contributed by atoms with E-state index < -0.39 is 9.84 Å². The van der Waals surface area contributed by atoms with Crippen LogP contribution in [-0.4, -0.2) is 42.5 Å². The molecule has 0 aliphatic carbocycles. The average molecular weight is 312 g/mol. The minimum Gasteiger partial charge on any atom is -0.370 e. The molecule has 1 saturated heterocycles. The molecule has 21 heavy (non-hydrogen) atoms. The summed E-state index contributed by atoms with van der Waals surface area (Å²) < 4.78 is 23.1. The van der Waals surface area contributed by atoms with Crippen LogP contribution in [0.4, 0.5) is 11.6 Å². The maximum Gasteiger partial charge on any atom is 0.152 e. The van der Waals surface area contributed by atoms with Crippen molar-refractivity contribution >= 4 is 21.5 Å². The quantitative estimate of drug-likeness (QED) is 0.833. The number of sulfone groups is 1. The maximum absolute atomic E-state index is 11.6. The van der Waals surface area contributed by atoms with Gasteiger partial charge in [-0.05, 0) is 19.8 Å².